The largest absolute Gasteiger partial charge is 0.497 e. The van der Waals surface area contributed by atoms with Crippen LogP contribution in [-0.2, 0) is 13.1 Å². The molecule has 3 aromatic rings. The van der Waals surface area contributed by atoms with Crippen LogP contribution in [0.25, 0.3) is 11.4 Å². The fourth-order valence-electron chi connectivity index (χ4n) is 3.91. The lowest BCUT2D eigenvalue weighted by atomic mass is 9.90. The second-order valence-electron chi connectivity index (χ2n) is 7.33. The molecule has 0 bridgehead atoms. The van der Waals surface area contributed by atoms with E-state index in [1.165, 1.54) is 12.4 Å². The molecule has 0 fully saturated rings. The van der Waals surface area contributed by atoms with Crippen molar-refractivity contribution in [2.75, 3.05) is 14.2 Å². The quantitative estimate of drug-likeness (QED) is 0.671. The number of rotatable bonds is 6. The normalized spacial score (nSPS) is 18.0. The molecule has 1 aliphatic heterocycles. The molecule has 1 aliphatic rings. The van der Waals surface area contributed by atoms with Crippen LogP contribution in [0, 0.1) is 0 Å². The first-order valence-corrected chi connectivity index (χ1v) is 9.93. The number of hydrogen-bond acceptors (Lipinski definition) is 7. The Morgan fingerprint density at radius 3 is 2.77 bits per heavy atom. The van der Waals surface area contributed by atoms with E-state index in [0.29, 0.717) is 18.1 Å². The monoisotopic (exact) mass is 407 g/mol. The van der Waals surface area contributed by atoms with Gasteiger partial charge in [-0.3, -0.25) is 14.7 Å². The van der Waals surface area contributed by atoms with Gasteiger partial charge in [-0.25, -0.2) is 15.0 Å². The van der Waals surface area contributed by atoms with Crippen LogP contribution in [0.3, 0.4) is 0 Å². The van der Waals surface area contributed by atoms with E-state index in [2.05, 4.69) is 22.2 Å². The van der Waals surface area contributed by atoms with E-state index < -0.39 is 0 Å². The maximum Gasteiger partial charge on any atom is 0.255 e. The molecule has 4 rings (SSSR count). The molecule has 1 N–H and O–H groups in total. The summed E-state index contributed by atoms with van der Waals surface area (Å²) in [6, 6.07) is 9.27. The Labute approximate surface area is 174 Å². The van der Waals surface area contributed by atoms with Crippen molar-refractivity contribution in [3.8, 4) is 22.9 Å². The van der Waals surface area contributed by atoms with E-state index in [0.717, 1.165) is 35.7 Å². The minimum atomic E-state index is -0.0861. The number of methoxy groups -OCH3 is 2. The average Bonchev–Trinajstić information content (AvgIpc) is 2.78. The highest BCUT2D eigenvalue weighted by Gasteiger charge is 2.29. The number of benzene rings is 1. The minimum Gasteiger partial charge on any atom is -0.497 e. The maximum absolute atomic E-state index is 12.8. The zero-order valence-corrected chi connectivity index (χ0v) is 17.3. The van der Waals surface area contributed by atoms with Crippen LogP contribution in [0.4, 0.5) is 0 Å². The molecule has 2 atom stereocenters. The lowest BCUT2D eigenvalue weighted by molar-refractivity contribution is 0.319. The lowest BCUT2D eigenvalue weighted by Gasteiger charge is -2.32. The van der Waals surface area contributed by atoms with E-state index >= 15 is 0 Å². The topological polar surface area (TPSA) is 91.2 Å². The van der Waals surface area contributed by atoms with E-state index in [1.807, 2.05) is 18.2 Å². The zero-order chi connectivity index (χ0) is 21.1. The van der Waals surface area contributed by atoms with Crippen molar-refractivity contribution in [3.63, 3.8) is 0 Å². The molecule has 0 saturated heterocycles. The minimum absolute atomic E-state index is 0.0594. The first-order chi connectivity index (χ1) is 14.6. The highest BCUT2D eigenvalue weighted by atomic mass is 16.5. The van der Waals surface area contributed by atoms with Gasteiger partial charge in [-0.2, -0.15) is 0 Å². The van der Waals surface area contributed by atoms with Gasteiger partial charge in [0.2, 0.25) is 0 Å². The van der Waals surface area contributed by atoms with Crippen molar-refractivity contribution in [2.24, 2.45) is 0 Å². The summed E-state index contributed by atoms with van der Waals surface area (Å²) in [4.78, 5) is 25.8. The predicted octanol–water partition coefficient (Wildman–Crippen LogP) is 2.38. The first-order valence-electron chi connectivity index (χ1n) is 9.93. The molecule has 0 saturated carbocycles. The summed E-state index contributed by atoms with van der Waals surface area (Å²) < 4.78 is 12.6. The van der Waals surface area contributed by atoms with Crippen molar-refractivity contribution in [1.82, 2.24) is 24.8 Å². The number of ether oxygens (including phenoxy) is 2. The number of aryl methyl sites for hydroxylation is 1. The van der Waals surface area contributed by atoms with Crippen molar-refractivity contribution in [2.45, 2.75) is 38.4 Å². The van der Waals surface area contributed by atoms with Crippen molar-refractivity contribution in [1.29, 1.82) is 0 Å². The van der Waals surface area contributed by atoms with Crippen LogP contribution in [-0.4, -0.2) is 39.8 Å². The summed E-state index contributed by atoms with van der Waals surface area (Å²) in [6.07, 6.45) is 4.69. The molecule has 30 heavy (non-hydrogen) atoms. The Morgan fingerprint density at radius 1 is 1.17 bits per heavy atom. The van der Waals surface area contributed by atoms with E-state index in [4.69, 9.17) is 14.5 Å². The number of hydrogen-bond donors (Lipinski definition) is 1. The molecule has 3 heterocycles. The maximum atomic E-state index is 12.8. The Kier molecular flexibility index (Phi) is 5.76. The fraction of sp³-hybridized carbons (Fsp3) is 0.364. The van der Waals surface area contributed by atoms with Crippen LogP contribution in [0.2, 0.25) is 0 Å². The smallest absolute Gasteiger partial charge is 0.255 e. The number of nitrogens with zero attached hydrogens (tertiary/aromatic N) is 4. The van der Waals surface area contributed by atoms with Gasteiger partial charge in [0.05, 0.1) is 32.3 Å². The molecule has 2 aromatic heterocycles. The second-order valence-corrected chi connectivity index (χ2v) is 7.33. The van der Waals surface area contributed by atoms with Gasteiger partial charge in [0.15, 0.2) is 0 Å². The van der Waals surface area contributed by atoms with Crippen LogP contribution in [0.1, 0.15) is 30.7 Å². The predicted molar refractivity (Wildman–Crippen MR) is 113 cm³/mol. The van der Waals surface area contributed by atoms with Crippen LogP contribution in [0.15, 0.2) is 47.7 Å². The number of aromatic nitrogens is 4. The molecule has 8 nitrogen and oxygen atoms in total. The molecule has 0 aliphatic carbocycles. The van der Waals surface area contributed by atoms with Gasteiger partial charge in [-0.15, -0.1) is 0 Å². The zero-order valence-electron chi connectivity index (χ0n) is 17.3. The van der Waals surface area contributed by atoms with Gasteiger partial charge in [0.25, 0.3) is 5.56 Å². The van der Waals surface area contributed by atoms with Gasteiger partial charge in [-0.1, -0.05) is 0 Å². The third kappa shape index (κ3) is 3.91. The van der Waals surface area contributed by atoms with Crippen LogP contribution in [0.5, 0.6) is 11.5 Å². The fourth-order valence-corrected chi connectivity index (χ4v) is 3.91. The molecule has 0 radical (unpaired) electrons. The molecule has 2 unspecified atom stereocenters. The Balaban J connectivity index is 1.67. The molecule has 0 amide bonds. The molecular formula is C22H25N5O3. The standard InChI is InChI=1S/C22H25N5O3/c1-14-17(6-4-15-10-16(29-2)5-7-20(15)30-3)22-26-19(18-8-9-23-12-24-18)11-21(28)27(22)13-25-14/h5,7-12,14,17,25H,4,6,13H2,1-3H3. The van der Waals surface area contributed by atoms with Gasteiger partial charge in [-0.05, 0) is 49.6 Å². The van der Waals surface area contributed by atoms with Gasteiger partial charge in [0, 0.05) is 24.2 Å². The van der Waals surface area contributed by atoms with E-state index in [1.54, 1.807) is 31.0 Å². The molecule has 156 valence electrons. The molecule has 8 heteroatoms. The SMILES string of the molecule is COc1ccc(OC)c(CCC2c3nc(-c4ccncn4)cc(=O)n3CNC2C)c1. The van der Waals surface area contributed by atoms with Crippen LogP contribution < -0.4 is 20.3 Å². The Hall–Kier alpha value is -3.26. The van der Waals surface area contributed by atoms with Gasteiger partial charge in [0.1, 0.15) is 23.7 Å². The summed E-state index contributed by atoms with van der Waals surface area (Å²) in [5.74, 6) is 2.46. The highest BCUT2D eigenvalue weighted by molar-refractivity contribution is 5.52. The van der Waals surface area contributed by atoms with E-state index in [9.17, 15) is 4.79 Å². The summed E-state index contributed by atoms with van der Waals surface area (Å²) in [5.41, 5.74) is 2.20. The van der Waals surface area contributed by atoms with Crippen molar-refractivity contribution in [3.05, 3.63) is 64.6 Å². The number of nitrogens with one attached hydrogen (secondary N) is 1. The Bertz CT molecular complexity index is 1080. The second kappa shape index (κ2) is 8.62. The number of fused-ring (bicyclic) bond motifs is 1. The third-order valence-corrected chi connectivity index (χ3v) is 5.60. The molecular weight excluding hydrogens is 382 g/mol. The first kappa shape index (κ1) is 20.0. The third-order valence-electron chi connectivity index (χ3n) is 5.60. The highest BCUT2D eigenvalue weighted by Crippen LogP contribution is 2.31. The van der Waals surface area contributed by atoms with Crippen molar-refractivity contribution >= 4 is 0 Å². The average molecular weight is 407 g/mol. The van der Waals surface area contributed by atoms with E-state index in [-0.39, 0.29) is 17.5 Å². The summed E-state index contributed by atoms with van der Waals surface area (Å²) in [5, 5.41) is 3.42. The summed E-state index contributed by atoms with van der Waals surface area (Å²) in [6.45, 7) is 2.58. The Morgan fingerprint density at radius 2 is 2.03 bits per heavy atom. The molecule has 0 spiro atoms. The molecule has 1 aromatic carbocycles. The van der Waals surface area contributed by atoms with Gasteiger partial charge < -0.3 is 9.47 Å². The summed E-state index contributed by atoms with van der Waals surface area (Å²) in [7, 11) is 3.32. The van der Waals surface area contributed by atoms with Crippen LogP contribution >= 0.6 is 0 Å². The lowest BCUT2D eigenvalue weighted by Crippen LogP contribution is -2.45. The van der Waals surface area contributed by atoms with Crippen molar-refractivity contribution < 1.29 is 9.47 Å². The van der Waals surface area contributed by atoms with Gasteiger partial charge >= 0.3 is 0 Å². The summed E-state index contributed by atoms with van der Waals surface area (Å²) >= 11 is 0.